The fraction of sp³-hybridized carbons (Fsp3) is 0.500. The molecule has 0 spiro atoms. The Labute approximate surface area is 262 Å². The molecule has 0 bridgehead atoms. The van der Waals surface area contributed by atoms with Gasteiger partial charge in [-0.1, -0.05) is 29.8 Å². The summed E-state index contributed by atoms with van der Waals surface area (Å²) in [4.78, 5) is 47.9. The number of amides is 4. The van der Waals surface area contributed by atoms with Crippen LogP contribution in [0.25, 0.3) is 10.9 Å². The van der Waals surface area contributed by atoms with E-state index in [9.17, 15) is 14.4 Å². The van der Waals surface area contributed by atoms with Gasteiger partial charge in [0.25, 0.3) is 5.91 Å². The highest BCUT2D eigenvalue weighted by Crippen LogP contribution is 2.27. The van der Waals surface area contributed by atoms with Crippen molar-refractivity contribution in [2.45, 2.75) is 56.7 Å². The van der Waals surface area contributed by atoms with Crippen molar-refractivity contribution >= 4 is 46.2 Å². The van der Waals surface area contributed by atoms with Crippen LogP contribution in [0.4, 0.5) is 15.3 Å². The maximum absolute atomic E-state index is 13.8. The molecule has 1 aromatic heterocycles. The average molecular weight is 622 g/mol. The molecule has 3 aromatic rings. The number of carbonyl (C=O) groups excluding carboxylic acids is 3. The molecule has 2 aromatic carbocycles. The van der Waals surface area contributed by atoms with E-state index >= 15 is 0 Å². The molecule has 4 heterocycles. The summed E-state index contributed by atoms with van der Waals surface area (Å²) in [5, 5.41) is 11.3. The van der Waals surface area contributed by atoms with Gasteiger partial charge in [0, 0.05) is 62.3 Å². The number of rotatable bonds is 6. The molecule has 2 saturated heterocycles. The zero-order chi connectivity index (χ0) is 30.8. The fourth-order valence-corrected chi connectivity index (χ4v) is 6.98. The molecule has 1 atom stereocenters. The minimum absolute atomic E-state index is 0.0209. The Kier molecular flexibility index (Phi) is 8.95. The van der Waals surface area contributed by atoms with Gasteiger partial charge in [-0.3, -0.25) is 9.89 Å². The third kappa shape index (κ3) is 6.49. The largest absolute Gasteiger partial charge is 0.436 e. The van der Waals surface area contributed by atoms with E-state index in [1.54, 1.807) is 17.2 Å². The number of ether oxygens (including phenoxy) is 1. The summed E-state index contributed by atoms with van der Waals surface area (Å²) in [7, 11) is 4.12. The van der Waals surface area contributed by atoms with Gasteiger partial charge in [-0.25, -0.2) is 9.59 Å². The van der Waals surface area contributed by atoms with Gasteiger partial charge in [0.2, 0.25) is 0 Å². The lowest BCUT2D eigenvalue weighted by Gasteiger charge is -2.38. The van der Waals surface area contributed by atoms with E-state index in [2.05, 4.69) is 34.5 Å². The first-order valence-electron chi connectivity index (χ1n) is 15.4. The van der Waals surface area contributed by atoms with E-state index in [1.807, 2.05) is 40.1 Å². The third-order valence-corrected chi connectivity index (χ3v) is 9.61. The lowest BCUT2D eigenvalue weighted by molar-refractivity contribution is -0.142. The predicted octanol–water partition coefficient (Wildman–Crippen LogP) is 4.37. The number of benzene rings is 2. The number of carbonyl (C=O) groups is 3. The second-order valence-electron chi connectivity index (χ2n) is 12.3. The van der Waals surface area contributed by atoms with E-state index in [1.165, 1.54) is 0 Å². The molecule has 0 radical (unpaired) electrons. The molecule has 3 aliphatic rings. The number of H-pyrrole nitrogens is 1. The smallest absolute Gasteiger partial charge is 0.410 e. The van der Waals surface area contributed by atoms with Gasteiger partial charge in [-0.2, -0.15) is 5.10 Å². The van der Waals surface area contributed by atoms with Crippen LogP contribution in [0.5, 0.6) is 0 Å². The van der Waals surface area contributed by atoms with Gasteiger partial charge in [-0.15, -0.1) is 0 Å². The maximum atomic E-state index is 13.8. The number of halogens is 1. The van der Waals surface area contributed by atoms with E-state index in [-0.39, 0.29) is 24.4 Å². The van der Waals surface area contributed by atoms with Gasteiger partial charge in [0.05, 0.1) is 16.7 Å². The fourth-order valence-electron chi connectivity index (χ4n) is 6.68. The Morgan fingerprint density at radius 1 is 1.05 bits per heavy atom. The van der Waals surface area contributed by atoms with Crippen LogP contribution in [0.2, 0.25) is 5.02 Å². The van der Waals surface area contributed by atoms with Crippen LogP contribution in [-0.2, 0) is 22.4 Å². The van der Waals surface area contributed by atoms with Gasteiger partial charge in [0.15, 0.2) is 6.10 Å². The molecule has 0 aliphatic carbocycles. The third-order valence-electron chi connectivity index (χ3n) is 9.31. The molecular weight excluding hydrogens is 582 g/mol. The maximum Gasteiger partial charge on any atom is 0.410 e. The number of piperidine rings is 2. The summed E-state index contributed by atoms with van der Waals surface area (Å²) in [5.41, 5.74) is 3.51. The van der Waals surface area contributed by atoms with Crippen LogP contribution in [0.15, 0.2) is 42.6 Å². The molecule has 6 rings (SSSR count). The topological polar surface area (TPSA) is 114 Å². The first kappa shape index (κ1) is 30.2. The number of hydrogen-bond donors (Lipinski definition) is 2. The van der Waals surface area contributed by atoms with Gasteiger partial charge < -0.3 is 29.7 Å². The van der Waals surface area contributed by atoms with E-state index < -0.39 is 12.2 Å². The normalized spacial score (nSPS) is 19.1. The Morgan fingerprint density at radius 2 is 1.77 bits per heavy atom. The molecule has 4 amide bonds. The molecule has 0 unspecified atom stereocenters. The number of urea groups is 1. The van der Waals surface area contributed by atoms with E-state index in [4.69, 9.17) is 16.3 Å². The summed E-state index contributed by atoms with van der Waals surface area (Å²) in [6.45, 7) is 2.75. The monoisotopic (exact) mass is 621 g/mol. The highest BCUT2D eigenvalue weighted by Gasteiger charge is 2.35. The van der Waals surface area contributed by atoms with E-state index in [0.29, 0.717) is 56.6 Å². The van der Waals surface area contributed by atoms with Crippen molar-refractivity contribution in [2.75, 3.05) is 52.1 Å². The summed E-state index contributed by atoms with van der Waals surface area (Å²) >= 11 is 6.49. The molecule has 44 heavy (non-hydrogen) atoms. The van der Waals surface area contributed by atoms with Gasteiger partial charge in [-0.05, 0) is 75.5 Å². The second kappa shape index (κ2) is 13.0. The highest BCUT2D eigenvalue weighted by atomic mass is 35.5. The number of nitrogens with one attached hydrogen (secondary N) is 2. The van der Waals surface area contributed by atoms with Crippen LogP contribution < -0.4 is 5.32 Å². The van der Waals surface area contributed by atoms with Crippen LogP contribution in [0.1, 0.15) is 36.8 Å². The van der Waals surface area contributed by atoms with Crippen molar-refractivity contribution in [3.05, 3.63) is 58.7 Å². The molecule has 3 aliphatic heterocycles. The first-order valence-corrected chi connectivity index (χ1v) is 15.8. The van der Waals surface area contributed by atoms with Crippen molar-refractivity contribution in [3.8, 4) is 0 Å². The molecule has 2 fully saturated rings. The number of likely N-dealkylation sites (tertiary alicyclic amines) is 2. The standard InChI is InChI=1S/C32H40ClN7O4/c1-37(2)24-8-12-38(13-9-24)30(41)28(19-21-17-23-20-34-36-29(23)26(33)18-21)44-32(43)39-14-10-25(11-15-39)40-16-7-22-5-3-4-6-27(22)35-31(40)42/h3-6,17-18,20,24-25,28H,7-16,19H2,1-2H3,(H,34,36)(H,35,42)/t28-/m1/s1. The van der Waals surface area contributed by atoms with Crippen molar-refractivity contribution in [1.29, 1.82) is 0 Å². The summed E-state index contributed by atoms with van der Waals surface area (Å²) < 4.78 is 6.01. The molecule has 11 nitrogen and oxygen atoms in total. The van der Waals surface area contributed by atoms with Crippen LogP contribution in [0.3, 0.4) is 0 Å². The molecule has 12 heteroatoms. The molecule has 2 N–H and O–H groups in total. The van der Waals surface area contributed by atoms with Crippen LogP contribution in [0, 0.1) is 0 Å². The molecular formula is C32H40ClN7O4. The Morgan fingerprint density at radius 3 is 2.52 bits per heavy atom. The summed E-state index contributed by atoms with van der Waals surface area (Å²) in [6.07, 6.45) is 4.21. The first-order chi connectivity index (χ1) is 21.3. The van der Waals surface area contributed by atoms with Crippen molar-refractivity contribution < 1.29 is 19.1 Å². The predicted molar refractivity (Wildman–Crippen MR) is 169 cm³/mol. The Hall–Kier alpha value is -3.83. The Bertz CT molecular complexity index is 1510. The quantitative estimate of drug-likeness (QED) is 0.423. The Balaban J connectivity index is 1.11. The number of para-hydroxylation sites is 1. The number of aromatic amines is 1. The van der Waals surface area contributed by atoms with Gasteiger partial charge >= 0.3 is 12.1 Å². The van der Waals surface area contributed by atoms with Gasteiger partial charge in [0.1, 0.15) is 0 Å². The number of fused-ring (bicyclic) bond motifs is 2. The zero-order valence-corrected chi connectivity index (χ0v) is 26.1. The lowest BCUT2D eigenvalue weighted by Crippen LogP contribution is -2.52. The summed E-state index contributed by atoms with van der Waals surface area (Å²) in [6, 6.07) is 11.9. The number of aromatic nitrogens is 2. The SMILES string of the molecule is CN(C)C1CCN(C(=O)[C@@H](Cc2cc(Cl)c3[nH]ncc3c2)OC(=O)N2CCC(N3CCc4ccccc4NC3=O)CC2)CC1. The molecule has 0 saturated carbocycles. The van der Waals surface area contributed by atoms with Crippen LogP contribution in [-0.4, -0.2) is 113 Å². The van der Waals surface area contributed by atoms with E-state index in [0.717, 1.165) is 47.0 Å². The number of hydrogen-bond acceptors (Lipinski definition) is 6. The highest BCUT2D eigenvalue weighted by molar-refractivity contribution is 6.35. The average Bonchev–Trinajstić information content (AvgIpc) is 3.44. The minimum Gasteiger partial charge on any atom is -0.436 e. The van der Waals surface area contributed by atoms with Crippen molar-refractivity contribution in [3.63, 3.8) is 0 Å². The van der Waals surface area contributed by atoms with Crippen molar-refractivity contribution in [1.82, 2.24) is 29.8 Å². The number of anilines is 1. The van der Waals surface area contributed by atoms with Crippen LogP contribution >= 0.6 is 11.6 Å². The minimum atomic E-state index is -0.980. The zero-order valence-electron chi connectivity index (χ0n) is 25.3. The molecule has 234 valence electrons. The van der Waals surface area contributed by atoms with Crippen molar-refractivity contribution in [2.24, 2.45) is 0 Å². The summed E-state index contributed by atoms with van der Waals surface area (Å²) in [5.74, 6) is -0.186. The number of nitrogens with zero attached hydrogens (tertiary/aromatic N) is 5. The second-order valence-corrected chi connectivity index (χ2v) is 12.7. The lowest BCUT2D eigenvalue weighted by atomic mass is 10.0.